The second-order valence-corrected chi connectivity index (χ2v) is 4.38. The number of pyridine rings is 1. The molecule has 0 aromatic carbocycles. The van der Waals surface area contributed by atoms with Gasteiger partial charge in [-0.25, -0.2) is 0 Å². The predicted molar refractivity (Wildman–Crippen MR) is 63.6 cm³/mol. The average Bonchev–Trinajstić information content (AvgIpc) is 3.02. The van der Waals surface area contributed by atoms with Gasteiger partial charge in [-0.2, -0.15) is 0 Å². The standard InChI is InChI=1S/C13H18N2/c1-10(8-15-13-5-6-13)7-12-4-3-11(2)14-9-12/h3-4,7,9,13,15H,5-6,8H2,1-2H3/b10-7-. The van der Waals surface area contributed by atoms with Crippen LogP contribution in [0.1, 0.15) is 31.0 Å². The third-order valence-corrected chi connectivity index (χ3v) is 2.59. The van der Waals surface area contributed by atoms with E-state index < -0.39 is 0 Å². The van der Waals surface area contributed by atoms with Gasteiger partial charge >= 0.3 is 0 Å². The molecule has 2 nitrogen and oxygen atoms in total. The summed E-state index contributed by atoms with van der Waals surface area (Å²) in [5, 5.41) is 3.50. The van der Waals surface area contributed by atoms with E-state index in [0.29, 0.717) is 0 Å². The number of nitrogens with zero attached hydrogens (tertiary/aromatic N) is 1. The molecule has 1 fully saturated rings. The van der Waals surface area contributed by atoms with Crippen molar-refractivity contribution in [1.82, 2.24) is 10.3 Å². The van der Waals surface area contributed by atoms with Crippen LogP contribution in [-0.2, 0) is 0 Å². The molecule has 1 heterocycles. The van der Waals surface area contributed by atoms with Crippen LogP contribution in [0.25, 0.3) is 6.08 Å². The zero-order chi connectivity index (χ0) is 10.7. The van der Waals surface area contributed by atoms with Gasteiger partial charge in [0.2, 0.25) is 0 Å². The third-order valence-electron chi connectivity index (χ3n) is 2.59. The second kappa shape index (κ2) is 4.58. The van der Waals surface area contributed by atoms with Gasteiger partial charge in [-0.05, 0) is 38.3 Å². The van der Waals surface area contributed by atoms with E-state index in [1.165, 1.54) is 24.0 Å². The van der Waals surface area contributed by atoms with Crippen LogP contribution < -0.4 is 5.32 Å². The minimum absolute atomic E-state index is 0.782. The molecule has 0 atom stereocenters. The lowest BCUT2D eigenvalue weighted by molar-refractivity contribution is 0.736. The zero-order valence-corrected chi connectivity index (χ0v) is 9.46. The molecule has 0 saturated heterocycles. The van der Waals surface area contributed by atoms with Crippen molar-refractivity contribution in [3.63, 3.8) is 0 Å². The van der Waals surface area contributed by atoms with Gasteiger partial charge in [0, 0.05) is 24.5 Å². The van der Waals surface area contributed by atoms with E-state index in [1.54, 1.807) is 0 Å². The quantitative estimate of drug-likeness (QED) is 0.811. The molecule has 1 aliphatic rings. The Morgan fingerprint density at radius 1 is 1.53 bits per heavy atom. The maximum atomic E-state index is 4.27. The Morgan fingerprint density at radius 3 is 2.93 bits per heavy atom. The topological polar surface area (TPSA) is 24.9 Å². The summed E-state index contributed by atoms with van der Waals surface area (Å²) >= 11 is 0. The number of hydrogen-bond donors (Lipinski definition) is 1. The van der Waals surface area contributed by atoms with Crippen LogP contribution in [0.3, 0.4) is 0 Å². The molecule has 0 aliphatic heterocycles. The molecule has 2 rings (SSSR count). The lowest BCUT2D eigenvalue weighted by Gasteiger charge is -2.03. The Bertz CT molecular complexity index is 347. The van der Waals surface area contributed by atoms with Crippen molar-refractivity contribution in [2.75, 3.05) is 6.54 Å². The molecule has 0 unspecified atom stereocenters. The first kappa shape index (κ1) is 10.4. The van der Waals surface area contributed by atoms with E-state index in [2.05, 4.69) is 29.4 Å². The van der Waals surface area contributed by atoms with E-state index in [4.69, 9.17) is 0 Å². The molecule has 1 aliphatic carbocycles. The predicted octanol–water partition coefficient (Wildman–Crippen LogP) is 2.55. The van der Waals surface area contributed by atoms with Crippen molar-refractivity contribution >= 4 is 6.08 Å². The molecule has 1 aromatic rings. The third kappa shape index (κ3) is 3.48. The Labute approximate surface area is 91.4 Å². The fraction of sp³-hybridized carbons (Fsp3) is 0.462. The van der Waals surface area contributed by atoms with Gasteiger partial charge in [0.25, 0.3) is 0 Å². The summed E-state index contributed by atoms with van der Waals surface area (Å²) in [5.74, 6) is 0. The van der Waals surface area contributed by atoms with Gasteiger partial charge in [0.15, 0.2) is 0 Å². The van der Waals surface area contributed by atoms with Crippen molar-refractivity contribution in [1.29, 1.82) is 0 Å². The van der Waals surface area contributed by atoms with E-state index in [0.717, 1.165) is 18.3 Å². The summed E-state index contributed by atoms with van der Waals surface area (Å²) in [4.78, 5) is 4.27. The van der Waals surface area contributed by atoms with Crippen molar-refractivity contribution in [3.05, 3.63) is 35.2 Å². The maximum absolute atomic E-state index is 4.27. The summed E-state index contributed by atoms with van der Waals surface area (Å²) in [7, 11) is 0. The van der Waals surface area contributed by atoms with Crippen LogP contribution in [0.4, 0.5) is 0 Å². The first-order valence-electron chi connectivity index (χ1n) is 5.57. The minimum atomic E-state index is 0.782. The molecular weight excluding hydrogens is 184 g/mol. The van der Waals surface area contributed by atoms with Crippen LogP contribution in [-0.4, -0.2) is 17.6 Å². The first-order chi connectivity index (χ1) is 7.24. The van der Waals surface area contributed by atoms with Gasteiger partial charge < -0.3 is 5.32 Å². The van der Waals surface area contributed by atoms with E-state index >= 15 is 0 Å². The highest BCUT2D eigenvalue weighted by atomic mass is 14.9. The van der Waals surface area contributed by atoms with Gasteiger partial charge in [-0.15, -0.1) is 0 Å². The van der Waals surface area contributed by atoms with Crippen LogP contribution >= 0.6 is 0 Å². The number of hydrogen-bond acceptors (Lipinski definition) is 2. The fourth-order valence-corrected chi connectivity index (χ4v) is 1.49. The monoisotopic (exact) mass is 202 g/mol. The molecule has 0 radical (unpaired) electrons. The van der Waals surface area contributed by atoms with Gasteiger partial charge in [-0.3, -0.25) is 4.98 Å². The molecule has 1 N–H and O–H groups in total. The second-order valence-electron chi connectivity index (χ2n) is 4.38. The van der Waals surface area contributed by atoms with E-state index in [9.17, 15) is 0 Å². The highest BCUT2D eigenvalue weighted by Crippen LogP contribution is 2.18. The number of aryl methyl sites for hydroxylation is 1. The molecule has 0 amide bonds. The Morgan fingerprint density at radius 2 is 2.33 bits per heavy atom. The summed E-state index contributed by atoms with van der Waals surface area (Å²) in [6.07, 6.45) is 6.82. The van der Waals surface area contributed by atoms with Crippen LogP contribution in [0, 0.1) is 6.92 Å². The lowest BCUT2D eigenvalue weighted by atomic mass is 10.2. The zero-order valence-electron chi connectivity index (χ0n) is 9.46. The Hall–Kier alpha value is -1.15. The summed E-state index contributed by atoms with van der Waals surface area (Å²) in [6, 6.07) is 4.95. The minimum Gasteiger partial charge on any atom is -0.310 e. The summed E-state index contributed by atoms with van der Waals surface area (Å²) in [5.41, 5.74) is 3.63. The summed E-state index contributed by atoms with van der Waals surface area (Å²) in [6.45, 7) is 5.17. The first-order valence-corrected chi connectivity index (χ1v) is 5.57. The smallest absolute Gasteiger partial charge is 0.0373 e. The van der Waals surface area contributed by atoms with Gasteiger partial charge in [-0.1, -0.05) is 17.7 Å². The lowest BCUT2D eigenvalue weighted by Crippen LogP contribution is -2.18. The van der Waals surface area contributed by atoms with Crippen LogP contribution in [0.15, 0.2) is 23.9 Å². The van der Waals surface area contributed by atoms with Gasteiger partial charge in [0.05, 0.1) is 0 Å². The van der Waals surface area contributed by atoms with E-state index in [1.807, 2.05) is 19.2 Å². The van der Waals surface area contributed by atoms with Crippen molar-refractivity contribution < 1.29 is 0 Å². The normalized spacial score (nSPS) is 16.8. The molecule has 1 saturated carbocycles. The van der Waals surface area contributed by atoms with Crippen molar-refractivity contribution in [3.8, 4) is 0 Å². The van der Waals surface area contributed by atoms with Gasteiger partial charge in [0.1, 0.15) is 0 Å². The number of rotatable bonds is 4. The average molecular weight is 202 g/mol. The molecule has 80 valence electrons. The molecule has 0 bridgehead atoms. The van der Waals surface area contributed by atoms with E-state index in [-0.39, 0.29) is 0 Å². The highest BCUT2D eigenvalue weighted by Gasteiger charge is 2.19. The van der Waals surface area contributed by atoms with Crippen molar-refractivity contribution in [2.24, 2.45) is 0 Å². The fourth-order valence-electron chi connectivity index (χ4n) is 1.49. The van der Waals surface area contributed by atoms with Crippen LogP contribution in [0.5, 0.6) is 0 Å². The maximum Gasteiger partial charge on any atom is 0.0373 e. The summed E-state index contributed by atoms with van der Waals surface area (Å²) < 4.78 is 0. The molecular formula is C13H18N2. The molecule has 2 heteroatoms. The largest absolute Gasteiger partial charge is 0.310 e. The molecule has 1 aromatic heterocycles. The molecule has 0 spiro atoms. The Balaban J connectivity index is 1.91. The van der Waals surface area contributed by atoms with Crippen LogP contribution in [0.2, 0.25) is 0 Å². The van der Waals surface area contributed by atoms with Crippen molar-refractivity contribution in [2.45, 2.75) is 32.7 Å². The number of aromatic nitrogens is 1. The SMILES string of the molecule is C/C(=C/c1ccc(C)nc1)CNC1CC1. The highest BCUT2D eigenvalue weighted by molar-refractivity contribution is 5.51. The number of nitrogens with one attached hydrogen (secondary N) is 1. The molecule has 15 heavy (non-hydrogen) atoms. The Kier molecular flexibility index (Phi) is 3.17.